The Bertz CT molecular complexity index is 110. The summed E-state index contributed by atoms with van der Waals surface area (Å²) in [6.45, 7) is 6.81. The van der Waals surface area contributed by atoms with Gasteiger partial charge in [0.1, 0.15) is 0 Å². The van der Waals surface area contributed by atoms with Gasteiger partial charge in [0, 0.05) is 13.2 Å². The van der Waals surface area contributed by atoms with Crippen LogP contribution in [-0.4, -0.2) is 23.4 Å². The van der Waals surface area contributed by atoms with Gasteiger partial charge in [0.25, 0.3) is 0 Å². The summed E-state index contributed by atoms with van der Waals surface area (Å²) in [4.78, 5) is 0. The van der Waals surface area contributed by atoms with Crippen LogP contribution >= 0.6 is 0 Å². The van der Waals surface area contributed by atoms with Crippen LogP contribution in [0.4, 0.5) is 0 Å². The number of aliphatic hydroxyl groups excluding tert-OH is 2. The molecule has 0 saturated heterocycles. The van der Waals surface area contributed by atoms with Crippen molar-refractivity contribution in [3.8, 4) is 0 Å². The van der Waals surface area contributed by atoms with Crippen LogP contribution in [0.3, 0.4) is 0 Å². The maximum atomic E-state index is 8.99. The molecule has 0 aliphatic heterocycles. The van der Waals surface area contributed by atoms with Crippen molar-refractivity contribution in [2.45, 2.75) is 40.0 Å². The Hall–Kier alpha value is -0.0800. The number of hydrogen-bond acceptors (Lipinski definition) is 2. The zero-order valence-electron chi connectivity index (χ0n) is 8.51. The fourth-order valence-electron chi connectivity index (χ4n) is 1.08. The fourth-order valence-corrected chi connectivity index (χ4v) is 1.08. The predicted molar refractivity (Wildman–Crippen MR) is 51.0 cm³/mol. The summed E-state index contributed by atoms with van der Waals surface area (Å²) < 4.78 is 0. The summed E-state index contributed by atoms with van der Waals surface area (Å²) in [5, 5.41) is 17.7. The SMILES string of the molecule is CC(CCO)CCC(C)(C)CO. The lowest BCUT2D eigenvalue weighted by Crippen LogP contribution is -2.17. The minimum absolute atomic E-state index is 0.0454. The van der Waals surface area contributed by atoms with Crippen LogP contribution in [0.15, 0.2) is 0 Å². The largest absolute Gasteiger partial charge is 0.396 e. The van der Waals surface area contributed by atoms with Gasteiger partial charge < -0.3 is 10.2 Å². The normalized spacial score (nSPS) is 14.8. The van der Waals surface area contributed by atoms with Crippen molar-refractivity contribution < 1.29 is 10.2 Å². The van der Waals surface area contributed by atoms with Gasteiger partial charge in [0.15, 0.2) is 0 Å². The summed E-state index contributed by atoms with van der Waals surface area (Å²) in [5.41, 5.74) is 0.0454. The molecule has 0 rings (SSSR count). The smallest absolute Gasteiger partial charge is 0.0482 e. The third-order valence-corrected chi connectivity index (χ3v) is 2.36. The highest BCUT2D eigenvalue weighted by molar-refractivity contribution is 4.68. The van der Waals surface area contributed by atoms with Gasteiger partial charge in [-0.05, 0) is 24.2 Å². The molecule has 0 heterocycles. The topological polar surface area (TPSA) is 40.5 Å². The van der Waals surface area contributed by atoms with Gasteiger partial charge in [-0.25, -0.2) is 0 Å². The summed E-state index contributed by atoms with van der Waals surface area (Å²) in [5.74, 6) is 0.570. The quantitative estimate of drug-likeness (QED) is 0.644. The van der Waals surface area contributed by atoms with E-state index in [-0.39, 0.29) is 18.6 Å². The van der Waals surface area contributed by atoms with E-state index in [1.165, 1.54) is 0 Å². The van der Waals surface area contributed by atoms with Crippen molar-refractivity contribution in [2.75, 3.05) is 13.2 Å². The minimum Gasteiger partial charge on any atom is -0.396 e. The highest BCUT2D eigenvalue weighted by atomic mass is 16.3. The highest BCUT2D eigenvalue weighted by Gasteiger charge is 2.17. The zero-order valence-corrected chi connectivity index (χ0v) is 8.51. The lowest BCUT2D eigenvalue weighted by molar-refractivity contribution is 0.139. The van der Waals surface area contributed by atoms with Crippen LogP contribution in [0.5, 0.6) is 0 Å². The Morgan fingerprint density at radius 3 is 2.17 bits per heavy atom. The second-order valence-electron chi connectivity index (χ2n) is 4.48. The molecular formula is C10H22O2. The minimum atomic E-state index is 0.0454. The molecule has 1 unspecified atom stereocenters. The van der Waals surface area contributed by atoms with E-state index in [4.69, 9.17) is 10.2 Å². The first-order valence-corrected chi connectivity index (χ1v) is 4.73. The van der Waals surface area contributed by atoms with E-state index >= 15 is 0 Å². The lowest BCUT2D eigenvalue weighted by atomic mass is 9.85. The van der Waals surface area contributed by atoms with Crippen LogP contribution in [0.2, 0.25) is 0 Å². The molecule has 0 amide bonds. The summed E-state index contributed by atoms with van der Waals surface area (Å²) >= 11 is 0. The molecule has 1 atom stereocenters. The summed E-state index contributed by atoms with van der Waals surface area (Å²) in [6.07, 6.45) is 3.00. The van der Waals surface area contributed by atoms with Gasteiger partial charge in [-0.2, -0.15) is 0 Å². The zero-order chi connectivity index (χ0) is 9.61. The van der Waals surface area contributed by atoms with Crippen LogP contribution in [-0.2, 0) is 0 Å². The van der Waals surface area contributed by atoms with E-state index in [0.717, 1.165) is 19.3 Å². The average molecular weight is 174 g/mol. The van der Waals surface area contributed by atoms with E-state index < -0.39 is 0 Å². The third kappa shape index (κ3) is 5.56. The molecule has 0 bridgehead atoms. The molecule has 0 aliphatic carbocycles. The second-order valence-corrected chi connectivity index (χ2v) is 4.48. The highest BCUT2D eigenvalue weighted by Crippen LogP contribution is 2.24. The molecule has 2 heteroatoms. The van der Waals surface area contributed by atoms with E-state index in [1.807, 2.05) is 0 Å². The molecule has 0 aromatic heterocycles. The van der Waals surface area contributed by atoms with Crippen LogP contribution < -0.4 is 0 Å². The van der Waals surface area contributed by atoms with Crippen LogP contribution in [0.1, 0.15) is 40.0 Å². The summed E-state index contributed by atoms with van der Waals surface area (Å²) in [7, 11) is 0. The van der Waals surface area contributed by atoms with Crippen molar-refractivity contribution in [3.63, 3.8) is 0 Å². The maximum Gasteiger partial charge on any atom is 0.0482 e. The molecule has 12 heavy (non-hydrogen) atoms. The maximum absolute atomic E-state index is 8.99. The molecule has 2 nitrogen and oxygen atoms in total. The van der Waals surface area contributed by atoms with E-state index in [2.05, 4.69) is 20.8 Å². The van der Waals surface area contributed by atoms with E-state index in [0.29, 0.717) is 5.92 Å². The van der Waals surface area contributed by atoms with Gasteiger partial charge >= 0.3 is 0 Å². The van der Waals surface area contributed by atoms with Crippen LogP contribution in [0.25, 0.3) is 0 Å². The summed E-state index contributed by atoms with van der Waals surface area (Å²) in [6, 6.07) is 0. The molecule has 0 aromatic carbocycles. The first-order chi connectivity index (χ1) is 5.52. The fraction of sp³-hybridized carbons (Fsp3) is 1.00. The Balaban J connectivity index is 3.52. The third-order valence-electron chi connectivity index (χ3n) is 2.36. The van der Waals surface area contributed by atoms with Crippen molar-refractivity contribution >= 4 is 0 Å². The Labute approximate surface area is 75.6 Å². The molecule has 0 aromatic rings. The Morgan fingerprint density at radius 2 is 1.75 bits per heavy atom. The van der Waals surface area contributed by atoms with Crippen LogP contribution in [0, 0.1) is 11.3 Å². The second kappa shape index (κ2) is 5.55. The number of rotatable bonds is 6. The molecule has 0 fully saturated rings. The molecule has 2 N–H and O–H groups in total. The molecule has 0 radical (unpaired) electrons. The molecule has 0 spiro atoms. The Kier molecular flexibility index (Phi) is 5.51. The molecule has 74 valence electrons. The van der Waals surface area contributed by atoms with Gasteiger partial charge in [-0.3, -0.25) is 0 Å². The van der Waals surface area contributed by atoms with Crippen molar-refractivity contribution in [1.29, 1.82) is 0 Å². The van der Waals surface area contributed by atoms with E-state index in [1.54, 1.807) is 0 Å². The van der Waals surface area contributed by atoms with Crippen molar-refractivity contribution in [2.24, 2.45) is 11.3 Å². The van der Waals surface area contributed by atoms with Gasteiger partial charge in [0.2, 0.25) is 0 Å². The van der Waals surface area contributed by atoms with Gasteiger partial charge in [0.05, 0.1) is 0 Å². The Morgan fingerprint density at radius 1 is 1.17 bits per heavy atom. The van der Waals surface area contributed by atoms with Gasteiger partial charge in [-0.15, -0.1) is 0 Å². The predicted octanol–water partition coefficient (Wildman–Crippen LogP) is 1.80. The first-order valence-electron chi connectivity index (χ1n) is 4.73. The lowest BCUT2D eigenvalue weighted by Gasteiger charge is -2.23. The molecule has 0 aliphatic rings. The molecule has 0 saturated carbocycles. The van der Waals surface area contributed by atoms with Crippen molar-refractivity contribution in [1.82, 2.24) is 0 Å². The van der Waals surface area contributed by atoms with Crippen molar-refractivity contribution in [3.05, 3.63) is 0 Å². The van der Waals surface area contributed by atoms with E-state index in [9.17, 15) is 0 Å². The number of aliphatic hydroxyl groups is 2. The average Bonchev–Trinajstić information content (AvgIpc) is 2.02. The first kappa shape index (κ1) is 11.9. The van der Waals surface area contributed by atoms with Gasteiger partial charge in [-0.1, -0.05) is 27.2 Å². The monoisotopic (exact) mass is 174 g/mol. The number of hydrogen-bond donors (Lipinski definition) is 2. The standard InChI is InChI=1S/C10H22O2/c1-9(5-7-11)4-6-10(2,3)8-12/h9,11-12H,4-8H2,1-3H3. The molecular weight excluding hydrogens is 152 g/mol.